The third-order valence-electron chi connectivity index (χ3n) is 6.46. The molecule has 1 heterocycles. The van der Waals surface area contributed by atoms with Crippen LogP contribution in [0.2, 0.25) is 0 Å². The second-order valence-electron chi connectivity index (χ2n) is 9.27. The molecule has 5 rings (SSSR count). The van der Waals surface area contributed by atoms with Crippen molar-refractivity contribution in [2.24, 2.45) is 5.41 Å². The Bertz CT molecular complexity index is 1240. The number of hydrogen-bond donors (Lipinski definition) is 1. The van der Waals surface area contributed by atoms with Crippen LogP contribution >= 0.6 is 0 Å². The van der Waals surface area contributed by atoms with Gasteiger partial charge in [-0.3, -0.25) is 4.79 Å². The number of Topliss-reactive ketones (excluding diaryl/α,β-unsaturated/α-hetero) is 1. The third-order valence-corrected chi connectivity index (χ3v) is 6.46. The number of nitrogens with one attached hydrogen (secondary N) is 1. The Morgan fingerprint density at radius 3 is 2.32 bits per heavy atom. The number of carbonyl (C=O) groups is 1. The van der Waals surface area contributed by atoms with E-state index in [2.05, 4.69) is 55.6 Å². The van der Waals surface area contributed by atoms with E-state index in [0.29, 0.717) is 17.9 Å². The average Bonchev–Trinajstić information content (AvgIpc) is 2.76. The lowest BCUT2D eigenvalue weighted by molar-refractivity contribution is -0.118. The predicted molar refractivity (Wildman–Crippen MR) is 125 cm³/mol. The van der Waals surface area contributed by atoms with Gasteiger partial charge in [0.2, 0.25) is 0 Å². The summed E-state index contributed by atoms with van der Waals surface area (Å²) in [7, 11) is 3.27. The predicted octanol–water partition coefficient (Wildman–Crippen LogP) is 6.17. The van der Waals surface area contributed by atoms with Gasteiger partial charge < -0.3 is 14.8 Å². The van der Waals surface area contributed by atoms with Crippen LogP contribution in [0.15, 0.2) is 60.2 Å². The zero-order valence-electron chi connectivity index (χ0n) is 18.4. The largest absolute Gasteiger partial charge is 0.493 e. The van der Waals surface area contributed by atoms with E-state index in [0.717, 1.165) is 28.8 Å². The zero-order chi connectivity index (χ0) is 21.8. The summed E-state index contributed by atoms with van der Waals surface area (Å²) < 4.78 is 11.0. The van der Waals surface area contributed by atoms with E-state index >= 15 is 0 Å². The number of ether oxygens (including phenoxy) is 2. The van der Waals surface area contributed by atoms with Crippen LogP contribution in [-0.4, -0.2) is 20.0 Å². The number of fused-ring (bicyclic) bond motifs is 3. The van der Waals surface area contributed by atoms with Crippen LogP contribution in [0.25, 0.3) is 16.3 Å². The van der Waals surface area contributed by atoms with Gasteiger partial charge in [0.25, 0.3) is 0 Å². The van der Waals surface area contributed by atoms with Gasteiger partial charge in [-0.05, 0) is 58.0 Å². The molecule has 0 saturated carbocycles. The monoisotopic (exact) mass is 413 g/mol. The molecule has 0 fully saturated rings. The fourth-order valence-electron chi connectivity index (χ4n) is 5.03. The first kappa shape index (κ1) is 19.7. The van der Waals surface area contributed by atoms with Crippen LogP contribution in [-0.2, 0) is 4.79 Å². The molecule has 0 bridgehead atoms. The summed E-state index contributed by atoms with van der Waals surface area (Å²) in [6.07, 6.45) is 1.44. The van der Waals surface area contributed by atoms with E-state index in [1.165, 1.54) is 16.3 Å². The molecule has 3 aromatic rings. The van der Waals surface area contributed by atoms with Crippen molar-refractivity contribution in [3.8, 4) is 11.5 Å². The summed E-state index contributed by atoms with van der Waals surface area (Å²) in [5.74, 6) is 1.56. The molecule has 0 amide bonds. The average molecular weight is 414 g/mol. The molecule has 158 valence electrons. The first-order valence-electron chi connectivity index (χ1n) is 10.7. The molecule has 0 saturated heterocycles. The molecule has 1 atom stereocenters. The van der Waals surface area contributed by atoms with Crippen LogP contribution in [0.5, 0.6) is 11.5 Å². The Labute approximate surface area is 182 Å². The van der Waals surface area contributed by atoms with Crippen molar-refractivity contribution in [3.05, 3.63) is 71.3 Å². The van der Waals surface area contributed by atoms with E-state index in [-0.39, 0.29) is 17.2 Å². The summed E-state index contributed by atoms with van der Waals surface area (Å²) >= 11 is 0. The Balaban J connectivity index is 1.73. The molecule has 4 heteroatoms. The Morgan fingerprint density at radius 1 is 0.903 bits per heavy atom. The number of rotatable bonds is 3. The maximum atomic E-state index is 13.4. The number of carbonyl (C=O) groups excluding carboxylic acids is 1. The molecule has 31 heavy (non-hydrogen) atoms. The minimum absolute atomic E-state index is 0.0572. The Kier molecular flexibility index (Phi) is 4.54. The second-order valence-corrected chi connectivity index (χ2v) is 9.27. The van der Waals surface area contributed by atoms with Gasteiger partial charge in [0.05, 0.1) is 20.3 Å². The van der Waals surface area contributed by atoms with E-state index < -0.39 is 0 Å². The molecular formula is C27H27NO3. The molecule has 1 N–H and O–H groups in total. The lowest BCUT2D eigenvalue weighted by Crippen LogP contribution is -2.33. The van der Waals surface area contributed by atoms with Crippen LogP contribution in [0, 0.1) is 5.41 Å². The van der Waals surface area contributed by atoms with E-state index in [9.17, 15) is 4.79 Å². The van der Waals surface area contributed by atoms with Crippen LogP contribution < -0.4 is 14.8 Å². The standard InChI is InChI=1S/C27H27NO3/c1-27(2)14-20-19-11-16-7-5-6-8-17(16)12-21(19)28-26(25(20)22(29)15-27)18-9-10-23(30-3)24(13-18)31-4/h5-13,26,28H,14-15H2,1-4H3/t26-/m0/s1. The van der Waals surface area contributed by atoms with Crippen molar-refractivity contribution >= 4 is 27.8 Å². The quantitative estimate of drug-likeness (QED) is 0.558. The fraction of sp³-hybridized carbons (Fsp3) is 0.296. The summed E-state index contributed by atoms with van der Waals surface area (Å²) in [6.45, 7) is 4.37. The number of benzene rings is 3. The van der Waals surface area contributed by atoms with E-state index in [4.69, 9.17) is 9.47 Å². The minimum atomic E-state index is -0.216. The highest BCUT2D eigenvalue weighted by molar-refractivity contribution is 6.10. The van der Waals surface area contributed by atoms with Gasteiger partial charge in [0.1, 0.15) is 0 Å². The molecule has 0 aromatic heterocycles. The normalized spacial score (nSPS) is 19.5. The number of hydrogen-bond acceptors (Lipinski definition) is 4. The lowest BCUT2D eigenvalue weighted by Gasteiger charge is -2.40. The van der Waals surface area contributed by atoms with Crippen LogP contribution in [0.3, 0.4) is 0 Å². The van der Waals surface area contributed by atoms with Gasteiger partial charge in [-0.1, -0.05) is 44.2 Å². The topological polar surface area (TPSA) is 47.6 Å². The van der Waals surface area contributed by atoms with Gasteiger partial charge in [-0.15, -0.1) is 0 Å². The van der Waals surface area contributed by atoms with Gasteiger partial charge in [-0.2, -0.15) is 0 Å². The van der Waals surface area contributed by atoms with Gasteiger partial charge in [0.15, 0.2) is 17.3 Å². The molecule has 4 nitrogen and oxygen atoms in total. The SMILES string of the molecule is COc1ccc([C@@H]2Nc3cc4ccccc4cc3C3=C2C(=O)CC(C)(C)C3)cc1OC. The molecule has 0 spiro atoms. The molecule has 0 unspecified atom stereocenters. The Morgan fingerprint density at radius 2 is 1.61 bits per heavy atom. The summed E-state index contributed by atoms with van der Waals surface area (Å²) in [6, 6.07) is 18.5. The zero-order valence-corrected chi connectivity index (χ0v) is 18.4. The smallest absolute Gasteiger partial charge is 0.162 e. The van der Waals surface area contributed by atoms with Crippen molar-refractivity contribution in [1.29, 1.82) is 0 Å². The summed E-state index contributed by atoms with van der Waals surface area (Å²) in [5, 5.41) is 6.05. The van der Waals surface area contributed by atoms with Gasteiger partial charge >= 0.3 is 0 Å². The fourth-order valence-corrected chi connectivity index (χ4v) is 5.03. The molecule has 0 radical (unpaired) electrons. The van der Waals surface area contributed by atoms with Crippen LogP contribution in [0.4, 0.5) is 5.69 Å². The third kappa shape index (κ3) is 3.27. The molecule has 1 aliphatic heterocycles. The molecule has 1 aliphatic carbocycles. The first-order valence-corrected chi connectivity index (χ1v) is 10.7. The van der Waals surface area contributed by atoms with Crippen LogP contribution in [0.1, 0.15) is 43.9 Å². The highest BCUT2D eigenvalue weighted by Crippen LogP contribution is 2.51. The molecule has 2 aliphatic rings. The highest BCUT2D eigenvalue weighted by atomic mass is 16.5. The molecule has 3 aromatic carbocycles. The minimum Gasteiger partial charge on any atom is -0.493 e. The van der Waals surface area contributed by atoms with Crippen molar-refractivity contribution in [3.63, 3.8) is 0 Å². The van der Waals surface area contributed by atoms with Crippen molar-refractivity contribution in [2.45, 2.75) is 32.7 Å². The van der Waals surface area contributed by atoms with E-state index in [1.807, 2.05) is 18.2 Å². The van der Waals surface area contributed by atoms with Crippen molar-refractivity contribution < 1.29 is 14.3 Å². The summed E-state index contributed by atoms with van der Waals surface area (Å²) in [5.41, 5.74) is 5.21. The van der Waals surface area contributed by atoms with Crippen molar-refractivity contribution in [1.82, 2.24) is 0 Å². The number of anilines is 1. The summed E-state index contributed by atoms with van der Waals surface area (Å²) in [4.78, 5) is 13.4. The maximum absolute atomic E-state index is 13.4. The number of allylic oxidation sites excluding steroid dienone is 1. The number of methoxy groups -OCH3 is 2. The lowest BCUT2D eigenvalue weighted by atomic mass is 9.68. The van der Waals surface area contributed by atoms with Gasteiger partial charge in [0, 0.05) is 23.2 Å². The highest BCUT2D eigenvalue weighted by Gasteiger charge is 2.40. The first-order chi connectivity index (χ1) is 14.9. The second kappa shape index (κ2) is 7.16. The Hall–Kier alpha value is -3.27. The van der Waals surface area contributed by atoms with Crippen molar-refractivity contribution in [2.75, 3.05) is 19.5 Å². The molecular weight excluding hydrogens is 386 g/mol. The maximum Gasteiger partial charge on any atom is 0.162 e. The van der Waals surface area contributed by atoms with E-state index in [1.54, 1.807) is 14.2 Å². The number of ketones is 1. The van der Waals surface area contributed by atoms with Gasteiger partial charge in [-0.25, -0.2) is 0 Å².